The Labute approximate surface area is 147 Å². The van der Waals surface area contributed by atoms with Crippen LogP contribution in [0.3, 0.4) is 0 Å². The monoisotopic (exact) mass is 370 g/mol. The maximum atomic E-state index is 14.2. The quantitative estimate of drug-likeness (QED) is 0.422. The zero-order chi connectivity index (χ0) is 19.1. The SMILES string of the molecule is O=C(NOCCO)c1ccc(F)c(F)c1Nc1ccc(CCO)cc1F. The van der Waals surface area contributed by atoms with Gasteiger partial charge in [0, 0.05) is 6.61 Å². The van der Waals surface area contributed by atoms with Crippen molar-refractivity contribution in [2.75, 3.05) is 25.1 Å². The Hall–Kier alpha value is -2.62. The van der Waals surface area contributed by atoms with Gasteiger partial charge in [-0.3, -0.25) is 9.63 Å². The lowest BCUT2D eigenvalue weighted by atomic mass is 10.1. The molecule has 0 aliphatic rings. The fourth-order valence-electron chi connectivity index (χ4n) is 2.16. The lowest BCUT2D eigenvalue weighted by molar-refractivity contribution is 0.0168. The van der Waals surface area contributed by atoms with Crippen LogP contribution in [0.5, 0.6) is 0 Å². The van der Waals surface area contributed by atoms with Gasteiger partial charge in [0.25, 0.3) is 5.91 Å². The van der Waals surface area contributed by atoms with Gasteiger partial charge in [-0.2, -0.15) is 0 Å². The molecule has 0 heterocycles. The van der Waals surface area contributed by atoms with Crippen LogP contribution in [-0.2, 0) is 11.3 Å². The number of nitrogens with one attached hydrogen (secondary N) is 2. The summed E-state index contributed by atoms with van der Waals surface area (Å²) in [4.78, 5) is 16.7. The molecule has 0 spiro atoms. The molecule has 6 nitrogen and oxygen atoms in total. The summed E-state index contributed by atoms with van der Waals surface area (Å²) in [5, 5.41) is 19.9. The van der Waals surface area contributed by atoms with Gasteiger partial charge in [0.1, 0.15) is 5.82 Å². The normalized spacial score (nSPS) is 10.7. The molecule has 0 atom stereocenters. The second-order valence-corrected chi connectivity index (χ2v) is 5.20. The smallest absolute Gasteiger partial charge is 0.277 e. The zero-order valence-corrected chi connectivity index (χ0v) is 13.6. The molecule has 0 aromatic heterocycles. The van der Waals surface area contributed by atoms with Crippen LogP contribution in [0, 0.1) is 17.5 Å². The Morgan fingerprint density at radius 1 is 1.04 bits per heavy atom. The van der Waals surface area contributed by atoms with Crippen LogP contribution < -0.4 is 10.8 Å². The average molecular weight is 370 g/mol. The van der Waals surface area contributed by atoms with Crippen molar-refractivity contribution in [3.8, 4) is 0 Å². The van der Waals surface area contributed by atoms with Crippen LogP contribution >= 0.6 is 0 Å². The number of rotatable bonds is 8. The van der Waals surface area contributed by atoms with Crippen molar-refractivity contribution in [2.24, 2.45) is 0 Å². The first-order chi connectivity index (χ1) is 12.5. The Bertz CT molecular complexity index is 787. The molecule has 9 heteroatoms. The Kier molecular flexibility index (Phi) is 6.96. The minimum atomic E-state index is -1.36. The highest BCUT2D eigenvalue weighted by Crippen LogP contribution is 2.28. The van der Waals surface area contributed by atoms with Crippen LogP contribution in [0.25, 0.3) is 0 Å². The summed E-state index contributed by atoms with van der Waals surface area (Å²) in [7, 11) is 0. The average Bonchev–Trinajstić information content (AvgIpc) is 2.61. The maximum Gasteiger partial charge on any atom is 0.277 e. The van der Waals surface area contributed by atoms with E-state index in [1.54, 1.807) is 0 Å². The highest BCUT2D eigenvalue weighted by molar-refractivity contribution is 5.99. The molecular weight excluding hydrogens is 353 g/mol. The van der Waals surface area contributed by atoms with Gasteiger partial charge in [-0.15, -0.1) is 0 Å². The number of hydrogen-bond acceptors (Lipinski definition) is 5. The third kappa shape index (κ3) is 4.72. The number of carbonyl (C=O) groups is 1. The van der Waals surface area contributed by atoms with Gasteiger partial charge in [0.15, 0.2) is 11.6 Å². The van der Waals surface area contributed by atoms with Crippen LogP contribution in [0.15, 0.2) is 30.3 Å². The van der Waals surface area contributed by atoms with E-state index in [0.29, 0.717) is 5.56 Å². The summed E-state index contributed by atoms with van der Waals surface area (Å²) < 4.78 is 41.9. The number of aliphatic hydroxyl groups is 2. The van der Waals surface area contributed by atoms with Crippen LogP contribution in [0.4, 0.5) is 24.5 Å². The van der Waals surface area contributed by atoms with Crippen molar-refractivity contribution in [3.63, 3.8) is 0 Å². The topological polar surface area (TPSA) is 90.8 Å². The predicted molar refractivity (Wildman–Crippen MR) is 87.3 cm³/mol. The molecule has 4 N–H and O–H groups in total. The van der Waals surface area contributed by atoms with Crippen molar-refractivity contribution < 1.29 is 33.0 Å². The fourth-order valence-corrected chi connectivity index (χ4v) is 2.16. The van der Waals surface area contributed by atoms with E-state index in [1.807, 2.05) is 5.48 Å². The number of hydroxylamine groups is 1. The summed E-state index contributed by atoms with van der Waals surface area (Å²) in [5.74, 6) is -4.25. The molecule has 0 saturated heterocycles. The Balaban J connectivity index is 2.33. The van der Waals surface area contributed by atoms with Gasteiger partial charge < -0.3 is 15.5 Å². The van der Waals surface area contributed by atoms with E-state index in [0.717, 1.165) is 18.2 Å². The molecule has 0 aliphatic heterocycles. The number of halogens is 3. The minimum Gasteiger partial charge on any atom is -0.396 e. The van der Waals surface area contributed by atoms with Gasteiger partial charge in [0.05, 0.1) is 30.2 Å². The third-order valence-electron chi connectivity index (χ3n) is 3.39. The van der Waals surface area contributed by atoms with Gasteiger partial charge in [0.2, 0.25) is 0 Å². The highest BCUT2D eigenvalue weighted by Gasteiger charge is 2.20. The molecule has 1 amide bonds. The molecule has 0 fully saturated rings. The fraction of sp³-hybridized carbons (Fsp3) is 0.235. The molecule has 2 aromatic carbocycles. The van der Waals surface area contributed by atoms with Crippen molar-refractivity contribution >= 4 is 17.3 Å². The molecule has 0 aliphatic carbocycles. The van der Waals surface area contributed by atoms with Crippen molar-refractivity contribution in [3.05, 3.63) is 58.9 Å². The van der Waals surface area contributed by atoms with E-state index < -0.39 is 29.0 Å². The first-order valence-corrected chi connectivity index (χ1v) is 7.65. The number of aliphatic hydroxyl groups excluding tert-OH is 2. The Morgan fingerprint density at radius 3 is 2.46 bits per heavy atom. The van der Waals surface area contributed by atoms with Crippen molar-refractivity contribution in [1.82, 2.24) is 5.48 Å². The summed E-state index contributed by atoms with van der Waals surface area (Å²) >= 11 is 0. The van der Waals surface area contributed by atoms with Gasteiger partial charge in [-0.05, 0) is 36.2 Å². The van der Waals surface area contributed by atoms with Crippen molar-refractivity contribution in [2.45, 2.75) is 6.42 Å². The van der Waals surface area contributed by atoms with E-state index in [-0.39, 0.29) is 37.5 Å². The van der Waals surface area contributed by atoms with E-state index in [4.69, 9.17) is 10.2 Å². The van der Waals surface area contributed by atoms with Gasteiger partial charge in [-0.25, -0.2) is 18.7 Å². The minimum absolute atomic E-state index is 0.164. The molecule has 0 radical (unpaired) electrons. The second kappa shape index (κ2) is 9.18. The molecule has 26 heavy (non-hydrogen) atoms. The van der Waals surface area contributed by atoms with Crippen LogP contribution in [0.1, 0.15) is 15.9 Å². The molecule has 140 valence electrons. The Morgan fingerprint density at radius 2 is 1.81 bits per heavy atom. The van der Waals surface area contributed by atoms with Crippen LogP contribution in [0.2, 0.25) is 0 Å². The number of benzene rings is 2. The number of carbonyl (C=O) groups excluding carboxylic acids is 1. The first-order valence-electron chi connectivity index (χ1n) is 7.65. The van der Waals surface area contributed by atoms with Gasteiger partial charge in [-0.1, -0.05) is 6.07 Å². The highest BCUT2D eigenvalue weighted by atomic mass is 19.2. The largest absolute Gasteiger partial charge is 0.396 e. The molecule has 0 bridgehead atoms. The summed E-state index contributed by atoms with van der Waals surface area (Å²) in [5.41, 5.74) is 1.42. The summed E-state index contributed by atoms with van der Waals surface area (Å²) in [6, 6.07) is 5.69. The van der Waals surface area contributed by atoms with E-state index in [9.17, 15) is 18.0 Å². The first kappa shape index (κ1) is 19.7. The number of hydrogen-bond donors (Lipinski definition) is 4. The standard InChI is InChI=1S/C17H17F3N2O4/c18-12-3-2-11(17(25)22-26-8-7-24)16(15(12)20)21-14-4-1-10(5-6-23)9-13(14)19/h1-4,9,21,23-24H,5-8H2,(H,22,25). The number of anilines is 2. The zero-order valence-electron chi connectivity index (χ0n) is 13.6. The molecule has 0 unspecified atom stereocenters. The number of amides is 1. The van der Waals surface area contributed by atoms with E-state index >= 15 is 0 Å². The lowest BCUT2D eigenvalue weighted by Gasteiger charge is -2.14. The lowest BCUT2D eigenvalue weighted by Crippen LogP contribution is -2.26. The van der Waals surface area contributed by atoms with E-state index in [1.165, 1.54) is 12.1 Å². The summed E-state index contributed by atoms with van der Waals surface area (Å²) in [6.45, 7) is -0.712. The van der Waals surface area contributed by atoms with Crippen molar-refractivity contribution in [1.29, 1.82) is 0 Å². The molecule has 0 saturated carbocycles. The maximum absolute atomic E-state index is 14.2. The molecule has 2 aromatic rings. The summed E-state index contributed by atoms with van der Waals surface area (Å²) in [6.07, 6.45) is 0.237. The molecular formula is C17H17F3N2O4. The predicted octanol–water partition coefficient (Wildman–Crippen LogP) is 2.04. The second-order valence-electron chi connectivity index (χ2n) is 5.20. The van der Waals surface area contributed by atoms with Crippen LogP contribution in [-0.4, -0.2) is 35.9 Å². The van der Waals surface area contributed by atoms with Gasteiger partial charge >= 0.3 is 0 Å². The van der Waals surface area contributed by atoms with E-state index in [2.05, 4.69) is 10.2 Å². The molecule has 2 rings (SSSR count). The third-order valence-corrected chi connectivity index (χ3v) is 3.39.